The zero-order valence-electron chi connectivity index (χ0n) is 14.7. The van der Waals surface area contributed by atoms with E-state index in [1.807, 2.05) is 0 Å². The number of hydrogen-bond acceptors (Lipinski definition) is 10. The molecule has 5 atom stereocenters. The number of thiol groups is 1. The molecule has 0 aromatic heterocycles. The predicted octanol–water partition coefficient (Wildman–Crippen LogP) is -0.381. The van der Waals surface area contributed by atoms with Crippen molar-refractivity contribution in [3.63, 3.8) is 0 Å². The van der Waals surface area contributed by atoms with E-state index in [9.17, 15) is 19.2 Å². The third-order valence-corrected chi connectivity index (χ3v) is 3.38. The summed E-state index contributed by atoms with van der Waals surface area (Å²) in [6.45, 7) is 4.42. The Bertz CT molecular complexity index is 513. The molecule has 137 valence electrons. The Morgan fingerprint density at radius 3 is 1.68 bits per heavy atom. The molecule has 0 aromatic rings. The van der Waals surface area contributed by atoms with E-state index in [2.05, 4.69) is 12.6 Å². The van der Waals surface area contributed by atoms with Crippen molar-refractivity contribution in [1.82, 2.24) is 0 Å². The molecule has 1 heterocycles. The summed E-state index contributed by atoms with van der Waals surface area (Å²) in [5, 5.41) is 0. The van der Waals surface area contributed by atoms with Crippen LogP contribution in [0.15, 0.2) is 0 Å². The summed E-state index contributed by atoms with van der Waals surface area (Å²) >= 11 is 4.18. The van der Waals surface area contributed by atoms with Gasteiger partial charge in [0, 0.05) is 57.3 Å². The Balaban J connectivity index is 0.00000576. The fraction of sp³-hybridized carbons (Fsp3) is 0.714. The van der Waals surface area contributed by atoms with Crippen LogP contribution in [0.25, 0.3) is 0 Å². The van der Waals surface area contributed by atoms with Crippen LogP contribution in [0.1, 0.15) is 27.7 Å². The Morgan fingerprint density at radius 2 is 1.24 bits per heavy atom. The third-order valence-electron chi connectivity index (χ3n) is 2.97. The average Bonchev–Trinajstić information content (AvgIpc) is 2.42. The molecule has 0 aromatic carbocycles. The predicted molar refractivity (Wildman–Crippen MR) is 86.7 cm³/mol. The van der Waals surface area contributed by atoms with Gasteiger partial charge in [0.1, 0.15) is 18.1 Å². The first kappa shape index (κ1) is 24.2. The molecular weight excluding hydrogens is 367 g/mol. The van der Waals surface area contributed by atoms with Crippen molar-refractivity contribution >= 4 is 66.1 Å². The quantitative estimate of drug-likeness (QED) is 0.292. The largest absolute Gasteiger partial charge is 0.463 e. The molecule has 1 fully saturated rings. The summed E-state index contributed by atoms with van der Waals surface area (Å²) in [6.07, 6.45) is -4.35. The number of carbonyl (C=O) groups is 4. The average molecular weight is 387 g/mol. The van der Waals surface area contributed by atoms with Crippen LogP contribution in [0, 0.1) is 0 Å². The zero-order valence-corrected chi connectivity index (χ0v) is 17.6. The molecule has 0 aliphatic carbocycles. The van der Waals surface area contributed by atoms with Gasteiger partial charge in [-0.15, -0.1) is 12.6 Å². The number of esters is 4. The fourth-order valence-corrected chi connectivity index (χ4v) is 2.59. The molecule has 1 saturated heterocycles. The van der Waals surface area contributed by atoms with Crippen molar-refractivity contribution in [3.05, 3.63) is 0 Å². The normalized spacial score (nSPS) is 28.1. The maximum atomic E-state index is 11.4. The third kappa shape index (κ3) is 7.95. The van der Waals surface area contributed by atoms with Crippen molar-refractivity contribution < 1.29 is 42.9 Å². The van der Waals surface area contributed by atoms with Gasteiger partial charge in [0.25, 0.3) is 0 Å². The second-order valence-electron chi connectivity index (χ2n) is 5.09. The topological polar surface area (TPSA) is 114 Å². The van der Waals surface area contributed by atoms with Gasteiger partial charge in [-0.2, -0.15) is 0 Å². The summed E-state index contributed by atoms with van der Waals surface area (Å²) in [5.74, 6) is -2.57. The van der Waals surface area contributed by atoms with Crippen LogP contribution in [0.3, 0.4) is 0 Å². The van der Waals surface area contributed by atoms with E-state index in [0.717, 1.165) is 20.8 Å². The summed E-state index contributed by atoms with van der Waals surface area (Å²) in [6, 6.07) is 0. The Labute approximate surface area is 172 Å². The van der Waals surface area contributed by atoms with Crippen LogP contribution in [0.4, 0.5) is 0 Å². The molecule has 0 unspecified atom stereocenters. The monoisotopic (exact) mass is 387 g/mol. The molecule has 0 N–H and O–H groups in total. The van der Waals surface area contributed by atoms with Crippen molar-refractivity contribution in [2.24, 2.45) is 0 Å². The van der Waals surface area contributed by atoms with Crippen LogP contribution in [-0.2, 0) is 42.9 Å². The second-order valence-corrected chi connectivity index (χ2v) is 5.60. The van der Waals surface area contributed by atoms with Gasteiger partial charge in [0.2, 0.25) is 0 Å². The van der Waals surface area contributed by atoms with Crippen molar-refractivity contribution in [3.8, 4) is 0 Å². The summed E-state index contributed by atoms with van der Waals surface area (Å²) < 4.78 is 25.8. The molecule has 1 rings (SSSR count). The van der Waals surface area contributed by atoms with E-state index in [1.54, 1.807) is 0 Å². The van der Waals surface area contributed by atoms with E-state index in [1.165, 1.54) is 6.92 Å². The van der Waals surface area contributed by atoms with Crippen LogP contribution < -0.4 is 0 Å². The van der Waals surface area contributed by atoms with E-state index in [0.29, 0.717) is 0 Å². The van der Waals surface area contributed by atoms with Gasteiger partial charge in [-0.1, -0.05) is 0 Å². The first-order valence-corrected chi connectivity index (χ1v) is 7.62. The van der Waals surface area contributed by atoms with Gasteiger partial charge in [-0.05, 0) is 0 Å². The van der Waals surface area contributed by atoms with Crippen molar-refractivity contribution in [2.45, 2.75) is 57.5 Å². The van der Waals surface area contributed by atoms with Crippen LogP contribution in [-0.4, -0.2) is 89.9 Å². The molecule has 0 saturated carbocycles. The van der Waals surface area contributed by atoms with Crippen LogP contribution in [0.2, 0.25) is 0 Å². The van der Waals surface area contributed by atoms with E-state index in [-0.39, 0.29) is 36.2 Å². The maximum absolute atomic E-state index is 11.4. The first-order valence-electron chi connectivity index (χ1n) is 7.10. The number of rotatable bonds is 5. The number of carbonyl (C=O) groups excluding carboxylic acids is 4. The minimum absolute atomic E-state index is 0. The Morgan fingerprint density at radius 1 is 0.800 bits per heavy atom. The zero-order chi connectivity index (χ0) is 18.4. The molecular formula is C14H20NaO9S. The van der Waals surface area contributed by atoms with Crippen LogP contribution >= 0.6 is 12.6 Å². The van der Waals surface area contributed by atoms with Gasteiger partial charge >= 0.3 is 23.9 Å². The SMILES string of the molecule is CC(=O)OC[C@H]1O[C@@H](S)[C@H](OC(C)=O)[C@@H](OC(C)=O)[C@@H]1OC(C)=O.[Na]. The number of ether oxygens (including phenoxy) is 5. The fourth-order valence-electron chi connectivity index (χ4n) is 2.21. The van der Waals surface area contributed by atoms with Crippen molar-refractivity contribution in [1.29, 1.82) is 0 Å². The summed E-state index contributed by atoms with van der Waals surface area (Å²) in [4.78, 5) is 45.1. The van der Waals surface area contributed by atoms with E-state index >= 15 is 0 Å². The molecule has 1 aliphatic heterocycles. The molecule has 11 heteroatoms. The second kappa shape index (κ2) is 11.0. The van der Waals surface area contributed by atoms with E-state index < -0.39 is 53.7 Å². The van der Waals surface area contributed by atoms with Crippen molar-refractivity contribution in [2.75, 3.05) is 6.61 Å². The molecule has 0 spiro atoms. The molecule has 0 bridgehead atoms. The summed E-state index contributed by atoms with van der Waals surface area (Å²) in [7, 11) is 0. The van der Waals surface area contributed by atoms with E-state index in [4.69, 9.17) is 23.7 Å². The smallest absolute Gasteiger partial charge is 0.303 e. The minimum atomic E-state index is -1.16. The number of hydrogen-bond donors (Lipinski definition) is 1. The molecule has 9 nitrogen and oxygen atoms in total. The first-order chi connectivity index (χ1) is 11.1. The Kier molecular flexibility index (Phi) is 10.7. The van der Waals surface area contributed by atoms with Gasteiger partial charge < -0.3 is 23.7 Å². The molecule has 1 aliphatic rings. The van der Waals surface area contributed by atoms with Gasteiger partial charge in [-0.3, -0.25) is 19.2 Å². The molecule has 0 amide bonds. The molecule has 1 radical (unpaired) electrons. The molecule has 25 heavy (non-hydrogen) atoms. The standard InChI is InChI=1S/C14H20O9S.Na/c1-6(15)19-5-10-11(20-7(2)16)12(21-8(3)17)13(14(24)23-10)22-9(4)18;/h10-14,24H,5H2,1-4H3;/t10-,11-,12+,13-,14+;/m1./s1. The minimum Gasteiger partial charge on any atom is -0.463 e. The summed E-state index contributed by atoms with van der Waals surface area (Å²) in [5.41, 5.74) is -0.981. The van der Waals surface area contributed by atoms with Gasteiger partial charge in [-0.25, -0.2) is 0 Å². The van der Waals surface area contributed by atoms with Gasteiger partial charge in [0.05, 0.1) is 0 Å². The van der Waals surface area contributed by atoms with Crippen LogP contribution in [0.5, 0.6) is 0 Å². The van der Waals surface area contributed by atoms with Gasteiger partial charge in [0.15, 0.2) is 18.3 Å². The Hall–Kier alpha value is -0.810. The maximum Gasteiger partial charge on any atom is 0.303 e.